The quantitative estimate of drug-likeness (QED) is 0.721. The molecule has 1 aliphatic carbocycles. The Morgan fingerprint density at radius 3 is 2.84 bits per heavy atom. The number of nitrogens with one attached hydrogen (secondary N) is 1. The van der Waals surface area contributed by atoms with E-state index in [1.54, 1.807) is 0 Å². The summed E-state index contributed by atoms with van der Waals surface area (Å²) in [6, 6.07) is 0. The van der Waals surface area contributed by atoms with Gasteiger partial charge in [-0.15, -0.1) is 0 Å². The Balaban J connectivity index is 1.90. The van der Waals surface area contributed by atoms with Crippen molar-refractivity contribution < 1.29 is 4.74 Å². The first-order chi connectivity index (χ1) is 9.13. The van der Waals surface area contributed by atoms with Crippen LogP contribution >= 0.6 is 0 Å². The van der Waals surface area contributed by atoms with Gasteiger partial charge in [0, 0.05) is 39.4 Å². The number of ether oxygens (including phenoxy) is 1. The summed E-state index contributed by atoms with van der Waals surface area (Å²) in [6.45, 7) is 5.54. The van der Waals surface area contributed by atoms with Crippen LogP contribution in [0.2, 0.25) is 0 Å². The standard InChI is InChI=1S/C14H26N4O/c1-11-13(9-15-2)14(18(4)16-11)17(3)7-8-19-10-12-5-6-12/h12,15H,5-10H2,1-4H3. The van der Waals surface area contributed by atoms with Crippen molar-refractivity contribution in [3.05, 3.63) is 11.3 Å². The van der Waals surface area contributed by atoms with E-state index in [2.05, 4.69) is 29.3 Å². The summed E-state index contributed by atoms with van der Waals surface area (Å²) in [5.74, 6) is 2.02. The highest BCUT2D eigenvalue weighted by Gasteiger charge is 2.21. The molecule has 1 N–H and O–H groups in total. The molecule has 0 amide bonds. The zero-order chi connectivity index (χ0) is 13.8. The van der Waals surface area contributed by atoms with Crippen molar-refractivity contribution >= 4 is 5.82 Å². The van der Waals surface area contributed by atoms with E-state index in [9.17, 15) is 0 Å². The van der Waals surface area contributed by atoms with Crippen molar-refractivity contribution in [1.29, 1.82) is 0 Å². The molecule has 1 heterocycles. The molecule has 0 unspecified atom stereocenters. The summed E-state index contributed by atoms with van der Waals surface area (Å²) < 4.78 is 7.67. The Morgan fingerprint density at radius 2 is 2.21 bits per heavy atom. The Hall–Kier alpha value is -1.07. The summed E-state index contributed by atoms with van der Waals surface area (Å²) in [5.41, 5.74) is 2.37. The SMILES string of the molecule is CNCc1c(C)nn(C)c1N(C)CCOCC1CC1. The number of nitrogens with zero attached hydrogens (tertiary/aromatic N) is 3. The molecule has 0 spiro atoms. The maximum atomic E-state index is 5.71. The van der Waals surface area contributed by atoms with Gasteiger partial charge in [0.2, 0.25) is 0 Å². The van der Waals surface area contributed by atoms with Gasteiger partial charge in [0.25, 0.3) is 0 Å². The van der Waals surface area contributed by atoms with E-state index in [0.717, 1.165) is 37.9 Å². The molecule has 0 radical (unpaired) electrons. The molecule has 1 fully saturated rings. The minimum atomic E-state index is 0.788. The van der Waals surface area contributed by atoms with Crippen LogP contribution in [0.1, 0.15) is 24.1 Å². The average molecular weight is 266 g/mol. The summed E-state index contributed by atoms with van der Waals surface area (Å²) in [7, 11) is 6.08. The van der Waals surface area contributed by atoms with E-state index in [4.69, 9.17) is 4.74 Å². The van der Waals surface area contributed by atoms with Crippen molar-refractivity contribution in [2.24, 2.45) is 13.0 Å². The second-order valence-electron chi connectivity index (χ2n) is 5.48. The van der Waals surface area contributed by atoms with Crippen LogP contribution in [-0.4, -0.2) is 43.6 Å². The second-order valence-corrected chi connectivity index (χ2v) is 5.48. The van der Waals surface area contributed by atoms with Crippen LogP contribution in [-0.2, 0) is 18.3 Å². The average Bonchev–Trinajstić information content (AvgIpc) is 3.13. The lowest BCUT2D eigenvalue weighted by Gasteiger charge is -2.21. The molecule has 0 bridgehead atoms. The first-order valence-electron chi connectivity index (χ1n) is 7.09. The monoisotopic (exact) mass is 266 g/mol. The van der Waals surface area contributed by atoms with Crippen LogP contribution in [0.3, 0.4) is 0 Å². The van der Waals surface area contributed by atoms with Gasteiger partial charge in [0.15, 0.2) is 0 Å². The van der Waals surface area contributed by atoms with Crippen molar-refractivity contribution in [3.63, 3.8) is 0 Å². The highest BCUT2D eigenvalue weighted by molar-refractivity contribution is 5.49. The van der Waals surface area contributed by atoms with Gasteiger partial charge in [0.1, 0.15) is 5.82 Å². The Bertz CT molecular complexity index is 412. The molecule has 5 nitrogen and oxygen atoms in total. The molecule has 1 saturated carbocycles. The number of anilines is 1. The molecule has 108 valence electrons. The lowest BCUT2D eigenvalue weighted by Crippen LogP contribution is -2.26. The van der Waals surface area contributed by atoms with Crippen LogP contribution in [0.15, 0.2) is 0 Å². The molecule has 1 aliphatic rings. The van der Waals surface area contributed by atoms with Crippen molar-refractivity contribution in [1.82, 2.24) is 15.1 Å². The minimum absolute atomic E-state index is 0.788. The fourth-order valence-electron chi connectivity index (χ4n) is 2.39. The molecular weight excluding hydrogens is 240 g/mol. The molecule has 19 heavy (non-hydrogen) atoms. The molecule has 0 atom stereocenters. The first-order valence-corrected chi connectivity index (χ1v) is 7.09. The first kappa shape index (κ1) is 14.3. The molecule has 1 aromatic heterocycles. The zero-order valence-corrected chi connectivity index (χ0v) is 12.6. The van der Waals surface area contributed by atoms with E-state index < -0.39 is 0 Å². The Kier molecular flexibility index (Phi) is 4.82. The smallest absolute Gasteiger partial charge is 0.131 e. The largest absolute Gasteiger partial charge is 0.379 e. The summed E-state index contributed by atoms with van der Waals surface area (Å²) in [6.07, 6.45) is 2.70. The third kappa shape index (κ3) is 3.70. The van der Waals surface area contributed by atoms with E-state index >= 15 is 0 Å². The predicted molar refractivity (Wildman–Crippen MR) is 77.5 cm³/mol. The van der Waals surface area contributed by atoms with Crippen LogP contribution in [0.5, 0.6) is 0 Å². The third-order valence-corrected chi connectivity index (χ3v) is 3.65. The van der Waals surface area contributed by atoms with Gasteiger partial charge in [-0.1, -0.05) is 0 Å². The maximum absolute atomic E-state index is 5.71. The normalized spacial score (nSPS) is 14.9. The molecule has 5 heteroatoms. The lowest BCUT2D eigenvalue weighted by atomic mass is 10.2. The second kappa shape index (κ2) is 6.39. The van der Waals surface area contributed by atoms with Crippen LogP contribution in [0.25, 0.3) is 0 Å². The van der Waals surface area contributed by atoms with Gasteiger partial charge < -0.3 is 15.0 Å². The van der Waals surface area contributed by atoms with Gasteiger partial charge in [-0.2, -0.15) is 5.10 Å². The molecule has 0 aliphatic heterocycles. The van der Waals surface area contributed by atoms with Gasteiger partial charge in [-0.05, 0) is 32.7 Å². The lowest BCUT2D eigenvalue weighted by molar-refractivity contribution is 0.130. The number of hydrogen-bond donors (Lipinski definition) is 1. The van der Waals surface area contributed by atoms with Crippen LogP contribution in [0.4, 0.5) is 5.82 Å². The number of aryl methyl sites for hydroxylation is 2. The van der Waals surface area contributed by atoms with Gasteiger partial charge in [0.05, 0.1) is 12.3 Å². The van der Waals surface area contributed by atoms with Crippen molar-refractivity contribution in [2.75, 3.05) is 38.8 Å². The summed E-state index contributed by atoms with van der Waals surface area (Å²) in [5, 5.41) is 7.72. The number of rotatable bonds is 8. The summed E-state index contributed by atoms with van der Waals surface area (Å²) >= 11 is 0. The number of likely N-dealkylation sites (N-methyl/N-ethyl adjacent to an activating group) is 1. The minimum Gasteiger partial charge on any atom is -0.379 e. The summed E-state index contributed by atoms with van der Waals surface area (Å²) in [4.78, 5) is 2.24. The Morgan fingerprint density at radius 1 is 1.47 bits per heavy atom. The van der Waals surface area contributed by atoms with E-state index in [0.29, 0.717) is 0 Å². The van der Waals surface area contributed by atoms with Gasteiger partial charge in [-0.25, -0.2) is 0 Å². The molecule has 0 aromatic carbocycles. The Labute approximate surface area is 115 Å². The van der Waals surface area contributed by atoms with E-state index in [1.165, 1.54) is 24.2 Å². The number of aromatic nitrogens is 2. The van der Waals surface area contributed by atoms with Crippen LogP contribution < -0.4 is 10.2 Å². The van der Waals surface area contributed by atoms with Crippen LogP contribution in [0, 0.1) is 12.8 Å². The highest BCUT2D eigenvalue weighted by Crippen LogP contribution is 2.28. The molecule has 1 aromatic rings. The molecule has 2 rings (SSSR count). The van der Waals surface area contributed by atoms with Crippen molar-refractivity contribution in [3.8, 4) is 0 Å². The topological polar surface area (TPSA) is 42.3 Å². The third-order valence-electron chi connectivity index (χ3n) is 3.65. The highest BCUT2D eigenvalue weighted by atomic mass is 16.5. The van der Waals surface area contributed by atoms with E-state index in [1.807, 2.05) is 18.8 Å². The van der Waals surface area contributed by atoms with Gasteiger partial charge >= 0.3 is 0 Å². The van der Waals surface area contributed by atoms with E-state index in [-0.39, 0.29) is 0 Å². The number of hydrogen-bond acceptors (Lipinski definition) is 4. The molecule has 0 saturated heterocycles. The fourth-order valence-corrected chi connectivity index (χ4v) is 2.39. The fraction of sp³-hybridized carbons (Fsp3) is 0.786. The predicted octanol–water partition coefficient (Wildman–Crippen LogP) is 1.31. The molecular formula is C14H26N4O. The van der Waals surface area contributed by atoms with Gasteiger partial charge in [-0.3, -0.25) is 4.68 Å². The maximum Gasteiger partial charge on any atom is 0.131 e. The van der Waals surface area contributed by atoms with Crippen molar-refractivity contribution in [2.45, 2.75) is 26.3 Å². The zero-order valence-electron chi connectivity index (χ0n) is 12.6.